The third kappa shape index (κ3) is 4.44. The summed E-state index contributed by atoms with van der Waals surface area (Å²) in [4.78, 5) is 4.85. The highest BCUT2D eigenvalue weighted by Gasteiger charge is 2.17. The van der Waals surface area contributed by atoms with Gasteiger partial charge in [0.15, 0.2) is 0 Å². The van der Waals surface area contributed by atoms with Gasteiger partial charge in [0, 0.05) is 12.6 Å². The number of fused-ring (bicyclic) bond motifs is 1. The summed E-state index contributed by atoms with van der Waals surface area (Å²) in [6, 6.07) is 27.8. The first-order valence-electron chi connectivity index (χ1n) is 10.8. The molecule has 1 aromatic heterocycles. The lowest BCUT2D eigenvalue weighted by Gasteiger charge is -2.11. The predicted molar refractivity (Wildman–Crippen MR) is 128 cm³/mol. The second-order valence-electron chi connectivity index (χ2n) is 8.09. The van der Waals surface area contributed by atoms with Crippen LogP contribution in [0.2, 0.25) is 0 Å². The van der Waals surface area contributed by atoms with E-state index in [2.05, 4.69) is 0 Å². The number of benzene rings is 4. The molecule has 0 atom stereocenters. The lowest BCUT2D eigenvalue weighted by atomic mass is 10.1. The van der Waals surface area contributed by atoms with Crippen molar-refractivity contribution in [3.63, 3.8) is 0 Å². The van der Waals surface area contributed by atoms with E-state index in [4.69, 9.17) is 9.72 Å². The van der Waals surface area contributed by atoms with Crippen molar-refractivity contribution < 1.29 is 14.2 Å². The van der Waals surface area contributed by atoms with Crippen LogP contribution < -0.4 is 4.74 Å². The molecule has 164 valence electrons. The number of hydrogen-bond acceptors (Lipinski definition) is 3. The van der Waals surface area contributed by atoms with Gasteiger partial charge >= 0.3 is 0 Å². The molecule has 5 rings (SSSR count). The van der Waals surface area contributed by atoms with E-state index >= 15 is 0 Å². The summed E-state index contributed by atoms with van der Waals surface area (Å²) in [5.41, 5.74) is 5.30. The molecule has 0 aliphatic heterocycles. The SMILES string of the molecule is Cc1ccc(-c2nc3cc(OCc4ccccc4)ccc3n2Cc2ccc(F)cc2)c(O)c1. The van der Waals surface area contributed by atoms with Gasteiger partial charge in [0.1, 0.15) is 29.7 Å². The van der Waals surface area contributed by atoms with Crippen LogP contribution in [0.3, 0.4) is 0 Å². The Bertz CT molecular complexity index is 1410. The van der Waals surface area contributed by atoms with Crippen LogP contribution >= 0.6 is 0 Å². The van der Waals surface area contributed by atoms with Crippen LogP contribution in [-0.2, 0) is 13.2 Å². The number of aromatic hydroxyl groups is 1. The molecule has 0 bridgehead atoms. The second kappa shape index (κ2) is 8.79. The zero-order chi connectivity index (χ0) is 22.8. The molecule has 0 saturated carbocycles. The van der Waals surface area contributed by atoms with E-state index in [0.717, 1.165) is 33.5 Å². The molecule has 33 heavy (non-hydrogen) atoms. The zero-order valence-electron chi connectivity index (χ0n) is 18.2. The fraction of sp³-hybridized carbons (Fsp3) is 0.107. The van der Waals surface area contributed by atoms with Crippen molar-refractivity contribution in [3.05, 3.63) is 114 Å². The minimum atomic E-state index is -0.272. The number of imidazole rings is 1. The molecule has 1 N–H and O–H groups in total. The van der Waals surface area contributed by atoms with E-state index < -0.39 is 0 Å². The smallest absolute Gasteiger partial charge is 0.145 e. The Morgan fingerprint density at radius 2 is 1.67 bits per heavy atom. The van der Waals surface area contributed by atoms with Gasteiger partial charge in [0.25, 0.3) is 0 Å². The van der Waals surface area contributed by atoms with E-state index in [-0.39, 0.29) is 11.6 Å². The van der Waals surface area contributed by atoms with Gasteiger partial charge in [0.05, 0.1) is 16.6 Å². The molecule has 4 aromatic carbocycles. The normalized spacial score (nSPS) is 11.1. The molecule has 0 fully saturated rings. The van der Waals surface area contributed by atoms with Crippen LogP contribution in [0.4, 0.5) is 4.39 Å². The monoisotopic (exact) mass is 438 g/mol. The minimum Gasteiger partial charge on any atom is -0.507 e. The van der Waals surface area contributed by atoms with Gasteiger partial charge in [-0.1, -0.05) is 48.5 Å². The van der Waals surface area contributed by atoms with Gasteiger partial charge in [-0.25, -0.2) is 9.37 Å². The Morgan fingerprint density at radius 3 is 2.42 bits per heavy atom. The lowest BCUT2D eigenvalue weighted by molar-refractivity contribution is 0.306. The van der Waals surface area contributed by atoms with E-state index in [1.807, 2.05) is 72.2 Å². The van der Waals surface area contributed by atoms with E-state index in [1.54, 1.807) is 18.2 Å². The molecule has 0 aliphatic rings. The van der Waals surface area contributed by atoms with Gasteiger partial charge < -0.3 is 14.4 Å². The van der Waals surface area contributed by atoms with Crippen LogP contribution in [0.1, 0.15) is 16.7 Å². The van der Waals surface area contributed by atoms with Crippen molar-refractivity contribution >= 4 is 11.0 Å². The maximum absolute atomic E-state index is 13.4. The number of halogens is 1. The third-order valence-electron chi connectivity index (χ3n) is 5.62. The highest BCUT2D eigenvalue weighted by Crippen LogP contribution is 2.33. The number of nitrogens with zero attached hydrogens (tertiary/aromatic N) is 2. The Hall–Kier alpha value is -4.12. The number of phenols is 1. The molecule has 0 aliphatic carbocycles. The topological polar surface area (TPSA) is 47.3 Å². The highest BCUT2D eigenvalue weighted by atomic mass is 19.1. The summed E-state index contributed by atoms with van der Waals surface area (Å²) in [6.45, 7) is 2.89. The van der Waals surface area contributed by atoms with Crippen molar-refractivity contribution in [2.75, 3.05) is 0 Å². The van der Waals surface area contributed by atoms with E-state index in [1.165, 1.54) is 12.1 Å². The Kier molecular flexibility index (Phi) is 5.53. The quantitative estimate of drug-likeness (QED) is 0.330. The third-order valence-corrected chi connectivity index (χ3v) is 5.62. The molecule has 0 spiro atoms. The fourth-order valence-corrected chi connectivity index (χ4v) is 3.91. The van der Waals surface area contributed by atoms with Gasteiger partial charge in [-0.05, 0) is 60.0 Å². The van der Waals surface area contributed by atoms with Crippen molar-refractivity contribution in [3.8, 4) is 22.9 Å². The summed E-state index contributed by atoms with van der Waals surface area (Å²) in [5.74, 6) is 1.27. The molecule has 4 nitrogen and oxygen atoms in total. The Balaban J connectivity index is 1.56. The Morgan fingerprint density at radius 1 is 0.879 bits per heavy atom. The molecule has 0 unspecified atom stereocenters. The molecule has 5 heteroatoms. The molecule has 0 amide bonds. The average Bonchev–Trinajstić information content (AvgIpc) is 3.17. The maximum Gasteiger partial charge on any atom is 0.145 e. The number of ether oxygens (including phenoxy) is 1. The number of hydrogen-bond donors (Lipinski definition) is 1. The van der Waals surface area contributed by atoms with Crippen LogP contribution in [0.25, 0.3) is 22.4 Å². The van der Waals surface area contributed by atoms with Crippen molar-refractivity contribution in [1.29, 1.82) is 0 Å². The summed E-state index contributed by atoms with van der Waals surface area (Å²) in [7, 11) is 0. The first kappa shape index (κ1) is 20.8. The standard InChI is InChI=1S/C28H23FN2O2/c1-19-7-13-24(27(32)15-19)28-30-25-16-23(33-18-21-5-3-2-4-6-21)12-14-26(25)31(28)17-20-8-10-22(29)11-9-20/h2-16,32H,17-18H2,1H3. The molecule has 0 saturated heterocycles. The first-order valence-corrected chi connectivity index (χ1v) is 10.8. The van der Waals surface area contributed by atoms with Gasteiger partial charge in [0.2, 0.25) is 0 Å². The summed E-state index contributed by atoms with van der Waals surface area (Å²) in [5, 5.41) is 10.6. The summed E-state index contributed by atoms with van der Waals surface area (Å²) >= 11 is 0. The molecular formula is C28H23FN2O2. The highest BCUT2D eigenvalue weighted by molar-refractivity contribution is 5.83. The summed E-state index contributed by atoms with van der Waals surface area (Å²) in [6.07, 6.45) is 0. The van der Waals surface area contributed by atoms with Crippen LogP contribution in [-0.4, -0.2) is 14.7 Å². The largest absolute Gasteiger partial charge is 0.507 e. The minimum absolute atomic E-state index is 0.172. The van der Waals surface area contributed by atoms with E-state index in [9.17, 15) is 9.50 Å². The predicted octanol–water partition coefficient (Wildman–Crippen LogP) is 6.48. The van der Waals surface area contributed by atoms with E-state index in [0.29, 0.717) is 24.5 Å². The van der Waals surface area contributed by atoms with Gasteiger partial charge in [-0.15, -0.1) is 0 Å². The van der Waals surface area contributed by atoms with Gasteiger partial charge in [-0.3, -0.25) is 0 Å². The molecule has 1 heterocycles. The molecule has 0 radical (unpaired) electrons. The number of rotatable bonds is 6. The van der Waals surface area contributed by atoms with Crippen LogP contribution in [0.15, 0.2) is 91.0 Å². The van der Waals surface area contributed by atoms with Crippen LogP contribution in [0.5, 0.6) is 11.5 Å². The van der Waals surface area contributed by atoms with Crippen molar-refractivity contribution in [1.82, 2.24) is 9.55 Å². The lowest BCUT2D eigenvalue weighted by Crippen LogP contribution is -2.02. The molecule has 5 aromatic rings. The zero-order valence-corrected chi connectivity index (χ0v) is 18.2. The van der Waals surface area contributed by atoms with Gasteiger partial charge in [-0.2, -0.15) is 0 Å². The number of aryl methyl sites for hydroxylation is 1. The number of aromatic nitrogens is 2. The fourth-order valence-electron chi connectivity index (χ4n) is 3.91. The number of phenolic OH excluding ortho intramolecular Hbond substituents is 1. The molecular weight excluding hydrogens is 415 g/mol. The Labute approximate surface area is 191 Å². The summed E-state index contributed by atoms with van der Waals surface area (Å²) < 4.78 is 21.4. The first-order chi connectivity index (χ1) is 16.1. The van der Waals surface area contributed by atoms with Crippen molar-refractivity contribution in [2.45, 2.75) is 20.1 Å². The maximum atomic E-state index is 13.4. The second-order valence-corrected chi connectivity index (χ2v) is 8.09. The average molecular weight is 439 g/mol. The van der Waals surface area contributed by atoms with Crippen molar-refractivity contribution in [2.24, 2.45) is 0 Å². The van der Waals surface area contributed by atoms with Crippen LogP contribution in [0, 0.1) is 12.7 Å².